The van der Waals surface area contributed by atoms with E-state index in [1.165, 1.54) is 13.0 Å². The molecule has 1 amide bonds. The van der Waals surface area contributed by atoms with Gasteiger partial charge in [0, 0.05) is 11.5 Å². The maximum Gasteiger partial charge on any atom is 0.268 e. The van der Waals surface area contributed by atoms with Crippen LogP contribution in [0.4, 0.5) is 5.13 Å². The van der Waals surface area contributed by atoms with Crippen LogP contribution in [0.25, 0.3) is 6.08 Å². The monoisotopic (exact) mass is 532 g/mol. The number of nitrogens with zero attached hydrogens (tertiary/aromatic N) is 3. The molecule has 0 saturated heterocycles. The van der Waals surface area contributed by atoms with Gasteiger partial charge in [-0.1, -0.05) is 48.9 Å². The van der Waals surface area contributed by atoms with Crippen LogP contribution in [-0.2, 0) is 21.2 Å². The van der Waals surface area contributed by atoms with Crippen molar-refractivity contribution in [2.24, 2.45) is 0 Å². The van der Waals surface area contributed by atoms with E-state index < -0.39 is 15.7 Å². The van der Waals surface area contributed by atoms with Gasteiger partial charge >= 0.3 is 0 Å². The number of sulfone groups is 1. The number of anilines is 1. The standard InChI is InChI=1S/C23H21ClN4O5S2/c1-3-32-19-12-16(11-18(24)20(19)33-14-15-8-6-5-7-9-15)10-17(13-25)21(29)26-22-27-23(28-34-22)35(30,31)4-2/h5-12H,3-4,14H2,1-2H3,(H,26,27,28,29)/b17-10-. The molecular formula is C23H21ClN4O5S2. The fraction of sp³-hybridized carbons (Fsp3) is 0.217. The third kappa shape index (κ3) is 6.79. The van der Waals surface area contributed by atoms with E-state index in [1.807, 2.05) is 36.4 Å². The van der Waals surface area contributed by atoms with Gasteiger partial charge in [-0.05, 0) is 36.3 Å². The average Bonchev–Trinajstić information content (AvgIpc) is 3.32. The van der Waals surface area contributed by atoms with E-state index in [2.05, 4.69) is 14.7 Å². The van der Waals surface area contributed by atoms with Crippen LogP contribution in [-0.4, -0.2) is 36.0 Å². The van der Waals surface area contributed by atoms with Crippen molar-refractivity contribution in [3.63, 3.8) is 0 Å². The Kier molecular flexibility index (Phi) is 8.81. The van der Waals surface area contributed by atoms with Crippen LogP contribution in [0.15, 0.2) is 53.2 Å². The SMILES string of the molecule is CCOc1cc(/C=C(/C#N)C(=O)Nc2nc(S(=O)(=O)CC)ns2)cc(Cl)c1OCc1ccccc1. The lowest BCUT2D eigenvalue weighted by molar-refractivity contribution is -0.112. The van der Waals surface area contributed by atoms with E-state index in [0.717, 1.165) is 5.56 Å². The van der Waals surface area contributed by atoms with E-state index in [1.54, 1.807) is 19.1 Å². The number of carbonyl (C=O) groups is 1. The molecule has 1 N–H and O–H groups in total. The quantitative estimate of drug-likeness (QED) is 0.298. The van der Waals surface area contributed by atoms with E-state index in [0.29, 0.717) is 35.2 Å². The molecule has 0 fully saturated rings. The van der Waals surface area contributed by atoms with Gasteiger partial charge in [0.05, 0.1) is 17.4 Å². The lowest BCUT2D eigenvalue weighted by Gasteiger charge is -2.14. The minimum atomic E-state index is -3.61. The molecule has 3 rings (SSSR count). The van der Waals surface area contributed by atoms with E-state index in [4.69, 9.17) is 21.1 Å². The fourth-order valence-electron chi connectivity index (χ4n) is 2.80. The highest BCUT2D eigenvalue weighted by Crippen LogP contribution is 2.38. The summed E-state index contributed by atoms with van der Waals surface area (Å²) in [6.07, 6.45) is 1.33. The second kappa shape index (κ2) is 11.8. The predicted octanol–water partition coefficient (Wildman–Crippen LogP) is 4.51. The molecule has 0 aliphatic rings. The number of benzene rings is 2. The van der Waals surface area contributed by atoms with Gasteiger partial charge in [0.1, 0.15) is 18.2 Å². The molecule has 0 atom stereocenters. The molecule has 0 aliphatic carbocycles. The molecule has 0 bridgehead atoms. The number of amides is 1. The summed E-state index contributed by atoms with van der Waals surface area (Å²) in [6, 6.07) is 14.5. The van der Waals surface area contributed by atoms with Crippen molar-refractivity contribution >= 4 is 50.1 Å². The van der Waals surface area contributed by atoms with Crippen LogP contribution in [0, 0.1) is 11.3 Å². The highest BCUT2D eigenvalue weighted by atomic mass is 35.5. The molecule has 3 aromatic rings. The lowest BCUT2D eigenvalue weighted by Crippen LogP contribution is -2.13. The van der Waals surface area contributed by atoms with Crippen LogP contribution in [0.2, 0.25) is 5.02 Å². The smallest absolute Gasteiger partial charge is 0.268 e. The van der Waals surface area contributed by atoms with E-state index in [-0.39, 0.29) is 33.2 Å². The van der Waals surface area contributed by atoms with Crippen LogP contribution < -0.4 is 14.8 Å². The van der Waals surface area contributed by atoms with Crippen molar-refractivity contribution in [2.75, 3.05) is 17.7 Å². The second-order valence-corrected chi connectivity index (χ2v) is 10.3. The molecule has 0 aliphatic heterocycles. The van der Waals surface area contributed by atoms with Gasteiger partial charge in [-0.15, -0.1) is 0 Å². The zero-order valence-electron chi connectivity index (χ0n) is 18.8. The minimum Gasteiger partial charge on any atom is -0.490 e. The average molecular weight is 533 g/mol. The normalized spacial score (nSPS) is 11.5. The van der Waals surface area contributed by atoms with Crippen molar-refractivity contribution in [3.8, 4) is 17.6 Å². The zero-order valence-corrected chi connectivity index (χ0v) is 21.2. The first kappa shape index (κ1) is 26.2. The highest BCUT2D eigenvalue weighted by Gasteiger charge is 2.20. The van der Waals surface area contributed by atoms with Crippen molar-refractivity contribution in [3.05, 3.63) is 64.2 Å². The van der Waals surface area contributed by atoms with Crippen LogP contribution in [0.1, 0.15) is 25.0 Å². The van der Waals surface area contributed by atoms with Crippen LogP contribution >= 0.6 is 23.1 Å². The third-order valence-corrected chi connectivity index (χ3v) is 7.05. The summed E-state index contributed by atoms with van der Waals surface area (Å²) in [6.45, 7) is 3.89. The molecule has 12 heteroatoms. The summed E-state index contributed by atoms with van der Waals surface area (Å²) in [5, 5.41) is 11.7. The number of hydrogen-bond acceptors (Lipinski definition) is 9. The summed E-state index contributed by atoms with van der Waals surface area (Å²) in [4.78, 5) is 16.4. The van der Waals surface area contributed by atoms with Crippen molar-refractivity contribution in [1.82, 2.24) is 9.36 Å². The highest BCUT2D eigenvalue weighted by molar-refractivity contribution is 7.91. The first-order valence-corrected chi connectivity index (χ1v) is 13.2. The van der Waals surface area contributed by atoms with E-state index in [9.17, 15) is 18.5 Å². The molecule has 0 radical (unpaired) electrons. The van der Waals surface area contributed by atoms with Gasteiger partial charge < -0.3 is 9.47 Å². The van der Waals surface area contributed by atoms with Gasteiger partial charge in [0.2, 0.25) is 15.0 Å². The minimum absolute atomic E-state index is 0.0409. The molecule has 182 valence electrons. The largest absolute Gasteiger partial charge is 0.490 e. The third-order valence-electron chi connectivity index (χ3n) is 4.52. The lowest BCUT2D eigenvalue weighted by atomic mass is 10.1. The summed E-state index contributed by atoms with van der Waals surface area (Å²) in [5.74, 6) is -0.244. The Morgan fingerprint density at radius 3 is 2.63 bits per heavy atom. The summed E-state index contributed by atoms with van der Waals surface area (Å²) in [5.41, 5.74) is 1.13. The number of aromatic nitrogens is 2. The van der Waals surface area contributed by atoms with Crippen molar-refractivity contribution < 1.29 is 22.7 Å². The molecular weight excluding hydrogens is 512 g/mol. The molecule has 35 heavy (non-hydrogen) atoms. The van der Waals surface area contributed by atoms with Gasteiger partial charge in [-0.2, -0.15) is 14.6 Å². The van der Waals surface area contributed by atoms with Crippen LogP contribution in [0.5, 0.6) is 11.5 Å². The van der Waals surface area contributed by atoms with Crippen molar-refractivity contribution in [2.45, 2.75) is 25.6 Å². The number of nitriles is 1. The van der Waals surface area contributed by atoms with Crippen LogP contribution in [0.3, 0.4) is 0 Å². The first-order chi connectivity index (χ1) is 16.8. The van der Waals surface area contributed by atoms with Gasteiger partial charge in [0.15, 0.2) is 11.5 Å². The Morgan fingerprint density at radius 2 is 1.97 bits per heavy atom. The number of rotatable bonds is 10. The number of carbonyl (C=O) groups excluding carboxylic acids is 1. The predicted molar refractivity (Wildman–Crippen MR) is 133 cm³/mol. The Morgan fingerprint density at radius 1 is 1.23 bits per heavy atom. The van der Waals surface area contributed by atoms with Gasteiger partial charge in [0.25, 0.3) is 11.1 Å². The summed E-state index contributed by atoms with van der Waals surface area (Å²) in [7, 11) is -3.61. The number of hydrogen-bond donors (Lipinski definition) is 1. The Hall–Kier alpha value is -3.46. The van der Waals surface area contributed by atoms with Crippen molar-refractivity contribution in [1.29, 1.82) is 5.26 Å². The van der Waals surface area contributed by atoms with E-state index >= 15 is 0 Å². The molecule has 0 unspecified atom stereocenters. The topological polar surface area (TPSA) is 131 Å². The number of nitrogens with one attached hydrogen (secondary N) is 1. The molecule has 0 spiro atoms. The number of halogens is 1. The maximum absolute atomic E-state index is 12.6. The molecule has 2 aromatic carbocycles. The Balaban J connectivity index is 1.83. The molecule has 9 nitrogen and oxygen atoms in total. The summed E-state index contributed by atoms with van der Waals surface area (Å²) >= 11 is 7.15. The fourth-order valence-corrected chi connectivity index (χ4v) is 4.66. The Bertz CT molecular complexity index is 1380. The molecule has 0 saturated carbocycles. The summed E-state index contributed by atoms with van der Waals surface area (Å²) < 4.78 is 39.0. The van der Waals surface area contributed by atoms with Gasteiger partial charge in [-0.25, -0.2) is 8.42 Å². The van der Waals surface area contributed by atoms with Gasteiger partial charge in [-0.3, -0.25) is 10.1 Å². The maximum atomic E-state index is 12.6. The second-order valence-electron chi connectivity index (χ2n) is 6.95. The zero-order chi connectivity index (χ0) is 25.4. The molecule has 1 aromatic heterocycles. The first-order valence-electron chi connectivity index (χ1n) is 10.4. The Labute approximate surface area is 212 Å². The molecule has 1 heterocycles. The number of ether oxygens (including phenoxy) is 2.